The number of hydrogen-bond acceptors (Lipinski definition) is 2. The molecule has 1 amide bonds. The number of amides is 1. The first-order chi connectivity index (χ1) is 8.27. The van der Waals surface area contributed by atoms with Crippen LogP contribution in [-0.4, -0.2) is 18.5 Å². The van der Waals surface area contributed by atoms with E-state index < -0.39 is 5.54 Å². The zero-order valence-corrected chi connectivity index (χ0v) is 12.5. The van der Waals surface area contributed by atoms with Crippen molar-refractivity contribution in [2.75, 3.05) is 7.05 Å². The third-order valence-corrected chi connectivity index (χ3v) is 3.53. The number of nitrogens with one attached hydrogen (secondary N) is 2. The average molecular weight is 289 g/mol. The van der Waals surface area contributed by atoms with E-state index in [-0.39, 0.29) is 11.9 Å². The number of rotatable bonds is 4. The van der Waals surface area contributed by atoms with Crippen LogP contribution in [0.25, 0.3) is 0 Å². The van der Waals surface area contributed by atoms with Crippen LogP contribution in [0.15, 0.2) is 18.2 Å². The van der Waals surface area contributed by atoms with Gasteiger partial charge < -0.3 is 10.6 Å². The summed E-state index contributed by atoms with van der Waals surface area (Å²) in [7, 11) is 1.75. The summed E-state index contributed by atoms with van der Waals surface area (Å²) < 4.78 is 0. The molecule has 100 valence electrons. The number of halogens is 2. The zero-order valence-electron chi connectivity index (χ0n) is 11.0. The molecule has 0 radical (unpaired) electrons. The van der Waals surface area contributed by atoms with Crippen LogP contribution >= 0.6 is 23.2 Å². The van der Waals surface area contributed by atoms with Crippen molar-refractivity contribution in [2.45, 2.75) is 32.4 Å². The monoisotopic (exact) mass is 288 g/mol. The first-order valence-corrected chi connectivity index (χ1v) is 6.48. The fourth-order valence-electron chi connectivity index (χ4n) is 1.42. The smallest absolute Gasteiger partial charge is 0.240 e. The minimum Gasteiger partial charge on any atom is -0.348 e. The van der Waals surface area contributed by atoms with Gasteiger partial charge in [-0.1, -0.05) is 29.3 Å². The summed E-state index contributed by atoms with van der Waals surface area (Å²) in [5.74, 6) is -0.0801. The maximum Gasteiger partial charge on any atom is 0.240 e. The van der Waals surface area contributed by atoms with Gasteiger partial charge in [0.05, 0.1) is 11.6 Å². The normalized spacial score (nSPS) is 13.2. The van der Waals surface area contributed by atoms with E-state index in [1.54, 1.807) is 19.2 Å². The highest BCUT2D eigenvalue weighted by molar-refractivity contribution is 6.35. The molecule has 0 aliphatic rings. The molecule has 1 unspecified atom stereocenters. The Morgan fingerprint density at radius 2 is 1.94 bits per heavy atom. The van der Waals surface area contributed by atoms with E-state index in [0.29, 0.717) is 10.0 Å². The molecule has 18 heavy (non-hydrogen) atoms. The maximum atomic E-state index is 12.0. The molecule has 1 rings (SSSR count). The number of benzene rings is 1. The molecule has 0 aliphatic heterocycles. The van der Waals surface area contributed by atoms with Crippen molar-refractivity contribution in [3.8, 4) is 0 Å². The Morgan fingerprint density at radius 3 is 2.44 bits per heavy atom. The Labute approximate surface area is 118 Å². The first-order valence-electron chi connectivity index (χ1n) is 5.72. The third kappa shape index (κ3) is 3.61. The van der Waals surface area contributed by atoms with E-state index in [4.69, 9.17) is 23.2 Å². The molecule has 0 saturated heterocycles. The van der Waals surface area contributed by atoms with Crippen LogP contribution < -0.4 is 10.6 Å². The van der Waals surface area contributed by atoms with Crippen LogP contribution in [0.4, 0.5) is 0 Å². The summed E-state index contributed by atoms with van der Waals surface area (Å²) >= 11 is 11.9. The zero-order chi connectivity index (χ0) is 13.9. The highest BCUT2D eigenvalue weighted by atomic mass is 35.5. The number of carbonyl (C=O) groups is 1. The van der Waals surface area contributed by atoms with Crippen LogP contribution in [0.2, 0.25) is 10.0 Å². The molecule has 0 aromatic heterocycles. The molecule has 0 spiro atoms. The number of carbonyl (C=O) groups excluding carboxylic acids is 1. The Hall–Kier alpha value is -0.770. The number of hydrogen-bond donors (Lipinski definition) is 2. The van der Waals surface area contributed by atoms with Crippen molar-refractivity contribution in [3.05, 3.63) is 33.8 Å². The quantitative estimate of drug-likeness (QED) is 0.894. The van der Waals surface area contributed by atoms with Crippen molar-refractivity contribution in [1.82, 2.24) is 10.6 Å². The number of likely N-dealkylation sites (N-methyl/N-ethyl adjacent to an activating group) is 1. The lowest BCUT2D eigenvalue weighted by molar-refractivity contribution is -0.126. The highest BCUT2D eigenvalue weighted by Crippen LogP contribution is 2.26. The second-order valence-electron chi connectivity index (χ2n) is 4.74. The van der Waals surface area contributed by atoms with Crippen molar-refractivity contribution >= 4 is 29.1 Å². The second-order valence-corrected chi connectivity index (χ2v) is 5.58. The molecule has 0 saturated carbocycles. The standard InChI is InChI=1S/C13H18Cl2N2O/c1-8(17-12(18)13(2,3)16-4)10-6-5-9(14)7-11(10)15/h5-8,16H,1-4H3,(H,17,18). The van der Waals surface area contributed by atoms with Gasteiger partial charge in [-0.25, -0.2) is 0 Å². The van der Waals surface area contributed by atoms with Gasteiger partial charge in [-0.3, -0.25) is 4.79 Å². The van der Waals surface area contributed by atoms with E-state index >= 15 is 0 Å². The first kappa shape index (κ1) is 15.3. The third-order valence-electron chi connectivity index (χ3n) is 2.97. The molecule has 0 bridgehead atoms. The van der Waals surface area contributed by atoms with E-state index in [1.807, 2.05) is 26.8 Å². The van der Waals surface area contributed by atoms with Crippen molar-refractivity contribution < 1.29 is 4.79 Å². The molecular formula is C13H18Cl2N2O. The average Bonchev–Trinajstić information content (AvgIpc) is 2.28. The highest BCUT2D eigenvalue weighted by Gasteiger charge is 2.26. The summed E-state index contributed by atoms with van der Waals surface area (Å²) in [5, 5.41) is 7.01. The van der Waals surface area contributed by atoms with Gasteiger partial charge in [0.2, 0.25) is 5.91 Å². The second kappa shape index (κ2) is 5.91. The molecule has 0 fully saturated rings. The molecule has 1 aromatic carbocycles. The molecule has 1 atom stereocenters. The maximum absolute atomic E-state index is 12.0. The Bertz CT molecular complexity index is 447. The summed E-state index contributed by atoms with van der Waals surface area (Å²) in [6.07, 6.45) is 0. The molecule has 3 nitrogen and oxygen atoms in total. The Kier molecular flexibility index (Phi) is 5.02. The molecule has 5 heteroatoms. The summed E-state index contributed by atoms with van der Waals surface area (Å²) in [6.45, 7) is 5.52. The van der Waals surface area contributed by atoms with Gasteiger partial charge in [-0.15, -0.1) is 0 Å². The minimum absolute atomic E-state index is 0.0801. The fraction of sp³-hybridized carbons (Fsp3) is 0.462. The minimum atomic E-state index is -0.618. The molecule has 0 aliphatic carbocycles. The lowest BCUT2D eigenvalue weighted by atomic mass is 10.0. The van der Waals surface area contributed by atoms with Crippen LogP contribution in [0.5, 0.6) is 0 Å². The molecule has 2 N–H and O–H groups in total. The molecular weight excluding hydrogens is 271 g/mol. The van der Waals surface area contributed by atoms with Gasteiger partial charge in [0.1, 0.15) is 0 Å². The van der Waals surface area contributed by atoms with E-state index in [0.717, 1.165) is 5.56 Å². The lowest BCUT2D eigenvalue weighted by Gasteiger charge is -2.26. The van der Waals surface area contributed by atoms with Gasteiger partial charge in [0.15, 0.2) is 0 Å². The lowest BCUT2D eigenvalue weighted by Crippen LogP contribution is -2.51. The Balaban J connectivity index is 2.83. The van der Waals surface area contributed by atoms with Gasteiger partial charge in [-0.2, -0.15) is 0 Å². The fourth-order valence-corrected chi connectivity index (χ4v) is 1.99. The molecule has 1 aromatic rings. The summed E-state index contributed by atoms with van der Waals surface area (Å²) in [4.78, 5) is 12.0. The van der Waals surface area contributed by atoms with Gasteiger partial charge >= 0.3 is 0 Å². The topological polar surface area (TPSA) is 41.1 Å². The summed E-state index contributed by atoms with van der Waals surface area (Å²) in [5.41, 5.74) is 0.231. The SMILES string of the molecule is CNC(C)(C)C(=O)NC(C)c1ccc(Cl)cc1Cl. The van der Waals surface area contributed by atoms with Crippen molar-refractivity contribution in [2.24, 2.45) is 0 Å². The predicted molar refractivity (Wildman–Crippen MR) is 76.2 cm³/mol. The van der Waals surface area contributed by atoms with E-state index in [9.17, 15) is 4.79 Å². The predicted octanol–water partition coefficient (Wildman–Crippen LogP) is 3.17. The van der Waals surface area contributed by atoms with Crippen LogP contribution in [0, 0.1) is 0 Å². The van der Waals surface area contributed by atoms with Crippen LogP contribution in [0.1, 0.15) is 32.4 Å². The molecule has 0 heterocycles. The Morgan fingerprint density at radius 1 is 1.33 bits per heavy atom. The van der Waals surface area contributed by atoms with Crippen molar-refractivity contribution in [1.29, 1.82) is 0 Å². The van der Waals surface area contributed by atoms with Crippen LogP contribution in [-0.2, 0) is 4.79 Å². The van der Waals surface area contributed by atoms with Gasteiger partial charge in [0.25, 0.3) is 0 Å². The van der Waals surface area contributed by atoms with Gasteiger partial charge in [0, 0.05) is 10.0 Å². The van der Waals surface area contributed by atoms with Gasteiger partial charge in [-0.05, 0) is 45.5 Å². The largest absolute Gasteiger partial charge is 0.348 e. The van der Waals surface area contributed by atoms with E-state index in [1.165, 1.54) is 0 Å². The van der Waals surface area contributed by atoms with E-state index in [2.05, 4.69) is 10.6 Å². The summed E-state index contributed by atoms with van der Waals surface area (Å²) in [6, 6.07) is 5.08. The van der Waals surface area contributed by atoms with Crippen molar-refractivity contribution in [3.63, 3.8) is 0 Å². The van der Waals surface area contributed by atoms with Crippen LogP contribution in [0.3, 0.4) is 0 Å².